The van der Waals surface area contributed by atoms with Crippen molar-refractivity contribution in [1.82, 2.24) is 4.90 Å². The topological polar surface area (TPSA) is 57.6 Å². The lowest BCUT2D eigenvalue weighted by Crippen LogP contribution is -2.37. The molecule has 0 saturated carbocycles. The Balaban J connectivity index is 2.41. The van der Waals surface area contributed by atoms with Crippen LogP contribution in [0.15, 0.2) is 0 Å². The molecular formula is C9H19NO3S. The summed E-state index contributed by atoms with van der Waals surface area (Å²) < 4.78 is 22.3. The minimum Gasteiger partial charge on any atom is -0.392 e. The Hall–Kier alpha value is -0.130. The smallest absolute Gasteiger partial charge is 0.150 e. The van der Waals surface area contributed by atoms with Crippen molar-refractivity contribution in [2.75, 3.05) is 32.1 Å². The van der Waals surface area contributed by atoms with E-state index in [1.165, 1.54) is 0 Å². The van der Waals surface area contributed by atoms with Crippen molar-refractivity contribution in [3.63, 3.8) is 0 Å². The fraction of sp³-hybridized carbons (Fsp3) is 1.00. The average molecular weight is 221 g/mol. The van der Waals surface area contributed by atoms with Crippen LogP contribution < -0.4 is 0 Å². The van der Waals surface area contributed by atoms with Crippen molar-refractivity contribution in [2.45, 2.75) is 18.9 Å². The molecule has 1 aliphatic rings. The molecular weight excluding hydrogens is 202 g/mol. The summed E-state index contributed by atoms with van der Waals surface area (Å²) in [5, 5.41) is 9.78. The van der Waals surface area contributed by atoms with Crippen LogP contribution in [0.1, 0.15) is 12.8 Å². The Bertz CT molecular complexity index is 260. The Kier molecular flexibility index (Phi) is 3.92. The second kappa shape index (κ2) is 4.59. The van der Waals surface area contributed by atoms with Crippen molar-refractivity contribution in [2.24, 2.45) is 5.92 Å². The molecule has 1 rings (SSSR count). The zero-order valence-electron chi connectivity index (χ0n) is 8.81. The SMILES string of the molecule is CN(C)CC(O)C1CCS(=O)(=O)CC1. The molecule has 0 bridgehead atoms. The minimum absolute atomic E-state index is 0.154. The van der Waals surface area contributed by atoms with E-state index in [0.717, 1.165) is 0 Å². The van der Waals surface area contributed by atoms with Gasteiger partial charge in [-0.05, 0) is 32.9 Å². The molecule has 0 spiro atoms. The van der Waals surface area contributed by atoms with Gasteiger partial charge in [0.1, 0.15) is 9.84 Å². The van der Waals surface area contributed by atoms with E-state index < -0.39 is 9.84 Å². The predicted molar refractivity (Wildman–Crippen MR) is 55.9 cm³/mol. The molecule has 1 aliphatic heterocycles. The number of aliphatic hydroxyl groups excluding tert-OH is 1. The molecule has 14 heavy (non-hydrogen) atoms. The zero-order valence-corrected chi connectivity index (χ0v) is 9.63. The lowest BCUT2D eigenvalue weighted by Gasteiger charge is -2.28. The van der Waals surface area contributed by atoms with E-state index in [1.807, 2.05) is 19.0 Å². The van der Waals surface area contributed by atoms with E-state index in [0.29, 0.717) is 19.4 Å². The number of hydrogen-bond acceptors (Lipinski definition) is 4. The van der Waals surface area contributed by atoms with Gasteiger partial charge in [-0.2, -0.15) is 0 Å². The van der Waals surface area contributed by atoms with Crippen LogP contribution in [0.5, 0.6) is 0 Å². The fourth-order valence-corrected chi connectivity index (χ4v) is 3.34. The predicted octanol–water partition coefficient (Wildman–Crippen LogP) is -0.266. The molecule has 0 amide bonds. The van der Waals surface area contributed by atoms with E-state index in [1.54, 1.807) is 0 Å². The minimum atomic E-state index is -2.80. The molecule has 0 aromatic rings. The Morgan fingerprint density at radius 1 is 1.36 bits per heavy atom. The number of nitrogens with zero attached hydrogens (tertiary/aromatic N) is 1. The van der Waals surface area contributed by atoms with Crippen LogP contribution in [0.25, 0.3) is 0 Å². The average Bonchev–Trinajstić information content (AvgIpc) is 2.02. The summed E-state index contributed by atoms with van der Waals surface area (Å²) in [4.78, 5) is 1.92. The van der Waals surface area contributed by atoms with Crippen LogP contribution in [0, 0.1) is 5.92 Å². The summed E-state index contributed by atoms with van der Waals surface area (Å²) in [6.45, 7) is 0.616. The highest BCUT2D eigenvalue weighted by molar-refractivity contribution is 7.91. The molecule has 0 aliphatic carbocycles. The first kappa shape index (κ1) is 11.9. The van der Waals surface area contributed by atoms with Crippen LogP contribution in [-0.2, 0) is 9.84 Å². The van der Waals surface area contributed by atoms with Gasteiger partial charge in [0, 0.05) is 6.54 Å². The van der Waals surface area contributed by atoms with Crippen LogP contribution in [0.2, 0.25) is 0 Å². The Labute approximate surface area is 85.8 Å². The zero-order chi connectivity index (χ0) is 10.8. The molecule has 1 unspecified atom stereocenters. The quantitative estimate of drug-likeness (QED) is 0.713. The van der Waals surface area contributed by atoms with Crippen LogP contribution in [0.3, 0.4) is 0 Å². The van der Waals surface area contributed by atoms with E-state index in [4.69, 9.17) is 0 Å². The summed E-state index contributed by atoms with van der Waals surface area (Å²) in [5.74, 6) is 0.630. The molecule has 5 heteroatoms. The number of likely N-dealkylation sites (N-methyl/N-ethyl adjacent to an activating group) is 1. The number of hydrogen-bond donors (Lipinski definition) is 1. The molecule has 0 radical (unpaired) electrons. The summed E-state index contributed by atoms with van der Waals surface area (Å²) in [6.07, 6.45) is 0.829. The number of aliphatic hydroxyl groups is 1. The third-order valence-electron chi connectivity index (χ3n) is 2.70. The molecule has 0 aromatic carbocycles. The maximum absolute atomic E-state index is 11.1. The number of rotatable bonds is 3. The first-order valence-electron chi connectivity index (χ1n) is 4.94. The third-order valence-corrected chi connectivity index (χ3v) is 4.41. The van der Waals surface area contributed by atoms with E-state index >= 15 is 0 Å². The van der Waals surface area contributed by atoms with Crippen molar-refractivity contribution in [3.05, 3.63) is 0 Å². The highest BCUT2D eigenvalue weighted by Crippen LogP contribution is 2.22. The van der Waals surface area contributed by atoms with Gasteiger partial charge in [0.25, 0.3) is 0 Å². The van der Waals surface area contributed by atoms with E-state index in [-0.39, 0.29) is 23.5 Å². The van der Waals surface area contributed by atoms with Gasteiger partial charge < -0.3 is 10.0 Å². The largest absolute Gasteiger partial charge is 0.392 e. The monoisotopic (exact) mass is 221 g/mol. The third kappa shape index (κ3) is 3.55. The first-order chi connectivity index (χ1) is 6.41. The van der Waals surface area contributed by atoms with Crippen molar-refractivity contribution >= 4 is 9.84 Å². The molecule has 1 fully saturated rings. The summed E-state index contributed by atoms with van der Waals surface area (Å²) in [6, 6.07) is 0. The van der Waals surface area contributed by atoms with Gasteiger partial charge in [-0.1, -0.05) is 0 Å². The second-order valence-electron chi connectivity index (χ2n) is 4.32. The summed E-state index contributed by atoms with van der Waals surface area (Å²) in [7, 11) is 1.01. The molecule has 4 nitrogen and oxygen atoms in total. The standard InChI is InChI=1S/C9H19NO3S/c1-10(2)7-9(11)8-3-5-14(12,13)6-4-8/h8-9,11H,3-7H2,1-2H3. The van der Waals surface area contributed by atoms with Gasteiger partial charge in [0.15, 0.2) is 0 Å². The molecule has 1 N–H and O–H groups in total. The van der Waals surface area contributed by atoms with E-state index in [9.17, 15) is 13.5 Å². The lowest BCUT2D eigenvalue weighted by molar-refractivity contribution is 0.0748. The Morgan fingerprint density at radius 2 is 1.86 bits per heavy atom. The van der Waals surface area contributed by atoms with E-state index in [2.05, 4.69) is 0 Å². The molecule has 0 aromatic heterocycles. The van der Waals surface area contributed by atoms with Gasteiger partial charge in [-0.25, -0.2) is 8.42 Å². The lowest BCUT2D eigenvalue weighted by atomic mass is 9.96. The molecule has 1 heterocycles. The van der Waals surface area contributed by atoms with Gasteiger partial charge in [0.2, 0.25) is 0 Å². The van der Waals surface area contributed by atoms with Crippen molar-refractivity contribution in [1.29, 1.82) is 0 Å². The molecule has 1 saturated heterocycles. The highest BCUT2D eigenvalue weighted by Gasteiger charge is 2.28. The van der Waals surface area contributed by atoms with Crippen LogP contribution in [0.4, 0.5) is 0 Å². The van der Waals surface area contributed by atoms with Crippen LogP contribution in [-0.4, -0.2) is 56.7 Å². The highest BCUT2D eigenvalue weighted by atomic mass is 32.2. The number of sulfone groups is 1. The molecule has 1 atom stereocenters. The molecule has 84 valence electrons. The maximum atomic E-state index is 11.1. The van der Waals surface area contributed by atoms with Crippen LogP contribution >= 0.6 is 0 Å². The van der Waals surface area contributed by atoms with Gasteiger partial charge >= 0.3 is 0 Å². The van der Waals surface area contributed by atoms with Crippen molar-refractivity contribution < 1.29 is 13.5 Å². The maximum Gasteiger partial charge on any atom is 0.150 e. The first-order valence-corrected chi connectivity index (χ1v) is 6.76. The Morgan fingerprint density at radius 3 is 2.29 bits per heavy atom. The second-order valence-corrected chi connectivity index (χ2v) is 6.62. The normalized spacial score (nSPS) is 25.1. The van der Waals surface area contributed by atoms with Gasteiger partial charge in [0.05, 0.1) is 17.6 Å². The fourth-order valence-electron chi connectivity index (χ4n) is 1.82. The summed E-state index contributed by atoms with van der Waals surface area (Å²) >= 11 is 0. The van der Waals surface area contributed by atoms with Crippen molar-refractivity contribution in [3.8, 4) is 0 Å². The summed E-state index contributed by atoms with van der Waals surface area (Å²) in [5.41, 5.74) is 0. The van der Waals surface area contributed by atoms with Gasteiger partial charge in [-0.15, -0.1) is 0 Å². The van der Waals surface area contributed by atoms with Gasteiger partial charge in [-0.3, -0.25) is 0 Å².